The largest absolute Gasteiger partial charge is 0.416 e. The number of aromatic amines is 1. The van der Waals surface area contributed by atoms with Crippen LogP contribution in [0.2, 0.25) is 0 Å². The molecule has 0 bridgehead atoms. The maximum atomic E-state index is 13.3. The van der Waals surface area contributed by atoms with Crippen molar-refractivity contribution in [2.45, 2.75) is 107 Å². The van der Waals surface area contributed by atoms with Crippen molar-refractivity contribution in [3.8, 4) is 0 Å². The number of anilines is 1. The Morgan fingerprint density at radius 1 is 1.00 bits per heavy atom. The topological polar surface area (TPSA) is 108 Å². The molecule has 8 nitrogen and oxygen atoms in total. The zero-order chi connectivity index (χ0) is 27.7. The van der Waals surface area contributed by atoms with E-state index in [1.165, 1.54) is 12.1 Å². The summed E-state index contributed by atoms with van der Waals surface area (Å²) >= 11 is 0. The SMILES string of the molecule is NC1CCC(Nc2nc(C3CCC(NC4CCCCN4Cc4cccc(C(F)(F)F)c4)C3)c3[nH]cnc3n2)CC1. The fourth-order valence-electron chi connectivity index (χ4n) is 6.76. The Kier molecular flexibility index (Phi) is 7.96. The monoisotopic (exact) mass is 556 g/mol. The van der Waals surface area contributed by atoms with Gasteiger partial charge in [-0.15, -0.1) is 0 Å². The maximum Gasteiger partial charge on any atom is 0.416 e. The Balaban J connectivity index is 1.12. The number of halogens is 3. The number of H-pyrrole nitrogens is 1. The van der Waals surface area contributed by atoms with E-state index in [4.69, 9.17) is 10.7 Å². The lowest BCUT2D eigenvalue weighted by molar-refractivity contribution is -0.137. The number of aromatic nitrogens is 4. The van der Waals surface area contributed by atoms with Gasteiger partial charge in [-0.1, -0.05) is 18.2 Å². The van der Waals surface area contributed by atoms with Crippen LogP contribution in [0.25, 0.3) is 11.2 Å². The second-order valence-corrected chi connectivity index (χ2v) is 11.8. The van der Waals surface area contributed by atoms with Gasteiger partial charge in [0.2, 0.25) is 5.95 Å². The minimum absolute atomic E-state index is 0.152. The zero-order valence-electron chi connectivity index (χ0n) is 22.8. The van der Waals surface area contributed by atoms with E-state index in [0.29, 0.717) is 35.8 Å². The number of nitrogens with one attached hydrogen (secondary N) is 3. The number of hydrogen-bond acceptors (Lipinski definition) is 7. The third kappa shape index (κ3) is 6.26. The lowest BCUT2D eigenvalue weighted by atomic mass is 9.92. The molecule has 3 unspecified atom stereocenters. The Bertz CT molecular complexity index is 1290. The number of benzene rings is 1. The number of hydrogen-bond donors (Lipinski definition) is 4. The molecule has 3 heterocycles. The fraction of sp³-hybridized carbons (Fsp3) is 0.621. The molecule has 6 rings (SSSR count). The Hall–Kier alpha value is -2.76. The summed E-state index contributed by atoms with van der Waals surface area (Å²) in [5, 5.41) is 7.41. The highest BCUT2D eigenvalue weighted by atomic mass is 19.4. The number of alkyl halides is 3. The molecule has 3 aliphatic rings. The van der Waals surface area contributed by atoms with E-state index in [1.807, 2.05) is 0 Å². The van der Waals surface area contributed by atoms with E-state index in [-0.39, 0.29) is 18.1 Å². The van der Waals surface area contributed by atoms with E-state index < -0.39 is 11.7 Å². The first-order chi connectivity index (χ1) is 19.3. The molecule has 11 heteroatoms. The van der Waals surface area contributed by atoms with Crippen LogP contribution in [0.5, 0.6) is 0 Å². The number of rotatable bonds is 7. The van der Waals surface area contributed by atoms with Gasteiger partial charge in [-0.2, -0.15) is 18.2 Å². The van der Waals surface area contributed by atoms with Gasteiger partial charge in [0.25, 0.3) is 0 Å². The second kappa shape index (κ2) is 11.6. The lowest BCUT2D eigenvalue weighted by Gasteiger charge is -2.38. The summed E-state index contributed by atoms with van der Waals surface area (Å²) in [6, 6.07) is 6.67. The highest BCUT2D eigenvalue weighted by Crippen LogP contribution is 2.37. The second-order valence-electron chi connectivity index (χ2n) is 11.8. The Labute approximate surface area is 232 Å². The first-order valence-corrected chi connectivity index (χ1v) is 14.7. The van der Waals surface area contributed by atoms with E-state index in [0.717, 1.165) is 88.0 Å². The van der Waals surface area contributed by atoms with Gasteiger partial charge in [0, 0.05) is 30.6 Å². The van der Waals surface area contributed by atoms with Gasteiger partial charge < -0.3 is 16.0 Å². The smallest absolute Gasteiger partial charge is 0.351 e. The average Bonchev–Trinajstić information content (AvgIpc) is 3.60. The van der Waals surface area contributed by atoms with Crippen LogP contribution in [-0.4, -0.2) is 55.7 Å². The third-order valence-corrected chi connectivity index (χ3v) is 8.92. The molecule has 0 amide bonds. The first kappa shape index (κ1) is 27.4. The molecular weight excluding hydrogens is 517 g/mol. The average molecular weight is 557 g/mol. The van der Waals surface area contributed by atoms with Crippen molar-refractivity contribution in [3.63, 3.8) is 0 Å². The molecule has 0 spiro atoms. The van der Waals surface area contributed by atoms with Crippen LogP contribution in [0, 0.1) is 0 Å². The highest BCUT2D eigenvalue weighted by Gasteiger charge is 2.34. The molecule has 2 aliphatic carbocycles. The van der Waals surface area contributed by atoms with E-state index >= 15 is 0 Å². The minimum Gasteiger partial charge on any atom is -0.351 e. The van der Waals surface area contributed by atoms with Crippen molar-refractivity contribution in [2.75, 3.05) is 11.9 Å². The molecular formula is C29H39F3N8. The van der Waals surface area contributed by atoms with Crippen LogP contribution < -0.4 is 16.4 Å². The molecule has 40 heavy (non-hydrogen) atoms. The molecule has 1 aromatic carbocycles. The van der Waals surface area contributed by atoms with Crippen LogP contribution in [-0.2, 0) is 12.7 Å². The highest BCUT2D eigenvalue weighted by molar-refractivity contribution is 5.74. The van der Waals surface area contributed by atoms with Crippen molar-refractivity contribution in [1.82, 2.24) is 30.2 Å². The van der Waals surface area contributed by atoms with Gasteiger partial charge in [0.05, 0.1) is 23.8 Å². The minimum atomic E-state index is -4.32. The van der Waals surface area contributed by atoms with Crippen molar-refractivity contribution in [1.29, 1.82) is 0 Å². The zero-order valence-corrected chi connectivity index (χ0v) is 22.8. The van der Waals surface area contributed by atoms with Gasteiger partial charge in [-0.05, 0) is 82.4 Å². The molecule has 3 aromatic rings. The van der Waals surface area contributed by atoms with Crippen LogP contribution in [0.3, 0.4) is 0 Å². The molecule has 3 fully saturated rings. The normalized spacial score (nSPS) is 28.2. The van der Waals surface area contributed by atoms with Gasteiger partial charge >= 0.3 is 6.18 Å². The van der Waals surface area contributed by atoms with Crippen LogP contribution in [0.4, 0.5) is 19.1 Å². The molecule has 216 valence electrons. The summed E-state index contributed by atoms with van der Waals surface area (Å²) in [4.78, 5) is 19.7. The Morgan fingerprint density at radius 2 is 1.82 bits per heavy atom. The molecule has 5 N–H and O–H groups in total. The summed E-state index contributed by atoms with van der Waals surface area (Å²) in [7, 11) is 0. The number of nitrogens with zero attached hydrogens (tertiary/aromatic N) is 4. The number of piperidine rings is 1. The quantitative estimate of drug-likeness (QED) is 0.313. The summed E-state index contributed by atoms with van der Waals surface area (Å²) < 4.78 is 39.8. The summed E-state index contributed by atoms with van der Waals surface area (Å²) in [5.41, 5.74) is 8.82. The van der Waals surface area contributed by atoms with Gasteiger partial charge in [-0.25, -0.2) is 9.97 Å². The van der Waals surface area contributed by atoms with E-state index in [9.17, 15) is 13.2 Å². The predicted molar refractivity (Wildman–Crippen MR) is 149 cm³/mol. The van der Waals surface area contributed by atoms with Crippen molar-refractivity contribution in [3.05, 3.63) is 47.4 Å². The van der Waals surface area contributed by atoms with E-state index in [1.54, 1.807) is 12.4 Å². The van der Waals surface area contributed by atoms with Gasteiger partial charge in [-0.3, -0.25) is 10.2 Å². The third-order valence-electron chi connectivity index (χ3n) is 8.92. The molecule has 1 aliphatic heterocycles. The van der Waals surface area contributed by atoms with E-state index in [2.05, 4.69) is 30.5 Å². The molecule has 1 saturated heterocycles. The predicted octanol–water partition coefficient (Wildman–Crippen LogP) is 5.29. The fourth-order valence-corrected chi connectivity index (χ4v) is 6.76. The number of fused-ring (bicyclic) bond motifs is 1. The molecule has 3 atom stereocenters. The van der Waals surface area contributed by atoms with Crippen LogP contribution >= 0.6 is 0 Å². The van der Waals surface area contributed by atoms with Crippen LogP contribution in [0.1, 0.15) is 86.9 Å². The number of nitrogens with two attached hydrogens (primary N) is 1. The molecule has 2 saturated carbocycles. The maximum absolute atomic E-state index is 13.3. The summed E-state index contributed by atoms with van der Waals surface area (Å²) in [6.45, 7) is 1.39. The van der Waals surface area contributed by atoms with Gasteiger partial charge in [0.15, 0.2) is 5.65 Å². The van der Waals surface area contributed by atoms with Crippen molar-refractivity contribution < 1.29 is 13.2 Å². The number of imidazole rings is 1. The van der Waals surface area contributed by atoms with Crippen molar-refractivity contribution in [2.24, 2.45) is 5.73 Å². The van der Waals surface area contributed by atoms with Crippen LogP contribution in [0.15, 0.2) is 30.6 Å². The lowest BCUT2D eigenvalue weighted by Crippen LogP contribution is -2.51. The number of likely N-dealkylation sites (tertiary alicyclic amines) is 1. The standard InChI is InChI=1S/C29H39F3N8/c30-29(31,32)20-5-3-4-18(14-20)16-40-13-2-1-6-24(40)36-23-10-7-19(15-23)25-26-27(35-17-34-26)39-28(38-25)37-22-11-8-21(33)9-12-22/h3-5,14,17,19,21-24,36H,1-2,6-13,15-16,33H2,(H2,34,35,37,38,39). The molecule has 2 aromatic heterocycles. The first-order valence-electron chi connectivity index (χ1n) is 14.7. The van der Waals surface area contributed by atoms with Crippen molar-refractivity contribution >= 4 is 17.1 Å². The summed E-state index contributed by atoms with van der Waals surface area (Å²) in [5.74, 6) is 0.926. The molecule has 0 radical (unpaired) electrons. The summed E-state index contributed by atoms with van der Waals surface area (Å²) in [6.07, 6.45) is 7.75. The van der Waals surface area contributed by atoms with Gasteiger partial charge in [0.1, 0.15) is 5.52 Å². The Morgan fingerprint density at radius 3 is 2.65 bits per heavy atom.